The fourth-order valence-electron chi connectivity index (χ4n) is 3.40. The van der Waals surface area contributed by atoms with Crippen LogP contribution in [0.3, 0.4) is 0 Å². The second-order valence-corrected chi connectivity index (χ2v) is 6.45. The summed E-state index contributed by atoms with van der Waals surface area (Å²) in [5.41, 5.74) is 2.86. The number of aryl methyl sites for hydroxylation is 1. The summed E-state index contributed by atoms with van der Waals surface area (Å²) in [4.78, 5) is 19.2. The number of nitrogens with zero attached hydrogens (tertiary/aromatic N) is 4. The van der Waals surface area contributed by atoms with Crippen LogP contribution < -0.4 is 0 Å². The van der Waals surface area contributed by atoms with Crippen LogP contribution in [-0.2, 0) is 6.54 Å². The molecule has 1 aromatic carbocycles. The van der Waals surface area contributed by atoms with Gasteiger partial charge in [0.15, 0.2) is 5.82 Å². The van der Waals surface area contributed by atoms with E-state index < -0.39 is 0 Å². The molecule has 4 rings (SSSR count). The molecule has 1 aliphatic heterocycles. The molecule has 0 bridgehead atoms. The van der Waals surface area contributed by atoms with Crippen molar-refractivity contribution in [2.75, 3.05) is 6.54 Å². The minimum atomic E-state index is -0.202. The normalized spacial score (nSPS) is 17.9. The minimum absolute atomic E-state index is 0.179. The smallest absolute Gasteiger partial charge is 0.156 e. The molecular formula is C19H20FN5. The van der Waals surface area contributed by atoms with Crippen molar-refractivity contribution in [1.82, 2.24) is 24.8 Å². The highest BCUT2D eigenvalue weighted by atomic mass is 19.1. The van der Waals surface area contributed by atoms with Crippen molar-refractivity contribution in [2.45, 2.75) is 32.4 Å². The van der Waals surface area contributed by atoms with Gasteiger partial charge in [0.2, 0.25) is 0 Å². The van der Waals surface area contributed by atoms with Gasteiger partial charge in [0, 0.05) is 24.6 Å². The van der Waals surface area contributed by atoms with Gasteiger partial charge in [-0.2, -0.15) is 0 Å². The molecule has 0 radical (unpaired) electrons. The van der Waals surface area contributed by atoms with Crippen molar-refractivity contribution >= 4 is 0 Å². The van der Waals surface area contributed by atoms with Gasteiger partial charge in [-0.3, -0.25) is 4.90 Å². The van der Waals surface area contributed by atoms with Gasteiger partial charge in [0.1, 0.15) is 17.3 Å². The van der Waals surface area contributed by atoms with Gasteiger partial charge in [0.25, 0.3) is 0 Å². The first-order valence-corrected chi connectivity index (χ1v) is 8.53. The molecule has 1 saturated heterocycles. The van der Waals surface area contributed by atoms with E-state index in [-0.39, 0.29) is 11.9 Å². The van der Waals surface area contributed by atoms with Gasteiger partial charge in [-0.05, 0) is 50.1 Å². The van der Waals surface area contributed by atoms with E-state index in [0.29, 0.717) is 0 Å². The van der Waals surface area contributed by atoms with Crippen molar-refractivity contribution in [1.29, 1.82) is 0 Å². The van der Waals surface area contributed by atoms with Gasteiger partial charge >= 0.3 is 0 Å². The highest BCUT2D eigenvalue weighted by molar-refractivity contribution is 5.49. The lowest BCUT2D eigenvalue weighted by Gasteiger charge is -2.24. The fourth-order valence-corrected chi connectivity index (χ4v) is 3.40. The van der Waals surface area contributed by atoms with Crippen LogP contribution in [0.5, 0.6) is 0 Å². The van der Waals surface area contributed by atoms with Crippen molar-refractivity contribution < 1.29 is 4.39 Å². The van der Waals surface area contributed by atoms with E-state index in [1.54, 1.807) is 12.4 Å². The molecule has 5 nitrogen and oxygen atoms in total. The van der Waals surface area contributed by atoms with Crippen molar-refractivity contribution in [3.05, 3.63) is 65.6 Å². The first kappa shape index (κ1) is 15.9. The van der Waals surface area contributed by atoms with Gasteiger partial charge in [-0.1, -0.05) is 12.1 Å². The van der Waals surface area contributed by atoms with Crippen LogP contribution in [0.2, 0.25) is 0 Å². The Hall–Kier alpha value is -2.60. The third kappa shape index (κ3) is 3.44. The molecule has 128 valence electrons. The second kappa shape index (κ2) is 6.72. The maximum Gasteiger partial charge on any atom is 0.156 e. The predicted molar refractivity (Wildman–Crippen MR) is 93.1 cm³/mol. The number of imidazole rings is 1. The lowest BCUT2D eigenvalue weighted by atomic mass is 10.1. The van der Waals surface area contributed by atoms with Crippen molar-refractivity contribution in [3.63, 3.8) is 0 Å². The molecule has 1 aliphatic rings. The summed E-state index contributed by atoms with van der Waals surface area (Å²) in [5.74, 6) is 1.40. The second-order valence-electron chi connectivity index (χ2n) is 6.45. The molecular weight excluding hydrogens is 317 g/mol. The van der Waals surface area contributed by atoms with Crippen LogP contribution in [0.15, 0.2) is 42.7 Å². The Balaban J connectivity index is 1.60. The number of aromatic amines is 1. The molecule has 3 heterocycles. The molecule has 0 amide bonds. The van der Waals surface area contributed by atoms with E-state index in [2.05, 4.69) is 19.9 Å². The summed E-state index contributed by atoms with van der Waals surface area (Å²) in [6.45, 7) is 3.75. The average Bonchev–Trinajstić information content (AvgIpc) is 3.28. The van der Waals surface area contributed by atoms with E-state index in [0.717, 1.165) is 54.5 Å². The topological polar surface area (TPSA) is 57.7 Å². The van der Waals surface area contributed by atoms with Crippen LogP contribution in [0, 0.1) is 12.7 Å². The molecule has 2 aromatic heterocycles. The van der Waals surface area contributed by atoms with Gasteiger partial charge in [0.05, 0.1) is 6.04 Å². The summed E-state index contributed by atoms with van der Waals surface area (Å²) in [6, 6.07) is 8.84. The number of benzene rings is 1. The molecule has 0 unspecified atom stereocenters. The van der Waals surface area contributed by atoms with E-state index >= 15 is 0 Å². The molecule has 1 fully saturated rings. The predicted octanol–water partition coefficient (Wildman–Crippen LogP) is 3.65. The first-order chi connectivity index (χ1) is 12.2. The summed E-state index contributed by atoms with van der Waals surface area (Å²) in [5, 5.41) is 0. The molecule has 3 aromatic rings. The van der Waals surface area contributed by atoms with Crippen LogP contribution >= 0.6 is 0 Å². The average molecular weight is 337 g/mol. The molecule has 1 N–H and O–H groups in total. The third-order valence-electron chi connectivity index (χ3n) is 4.57. The Morgan fingerprint density at radius 2 is 2.08 bits per heavy atom. The largest absolute Gasteiger partial charge is 0.343 e. The van der Waals surface area contributed by atoms with Gasteiger partial charge in [-0.15, -0.1) is 0 Å². The summed E-state index contributed by atoms with van der Waals surface area (Å²) >= 11 is 0. The quantitative estimate of drug-likeness (QED) is 0.789. The molecule has 0 saturated carbocycles. The molecule has 0 spiro atoms. The van der Waals surface area contributed by atoms with Crippen molar-refractivity contribution in [3.8, 4) is 11.5 Å². The Kier molecular flexibility index (Phi) is 4.28. The number of likely N-dealkylation sites (tertiary alicyclic amines) is 1. The maximum absolute atomic E-state index is 13.1. The van der Waals surface area contributed by atoms with Gasteiger partial charge in [-0.25, -0.2) is 19.3 Å². The van der Waals surface area contributed by atoms with E-state index in [1.807, 2.05) is 25.1 Å². The fraction of sp³-hybridized carbons (Fsp3) is 0.316. The Morgan fingerprint density at radius 3 is 2.84 bits per heavy atom. The zero-order valence-corrected chi connectivity index (χ0v) is 14.1. The highest BCUT2D eigenvalue weighted by Crippen LogP contribution is 2.32. The number of aromatic nitrogens is 4. The number of halogens is 1. The summed E-state index contributed by atoms with van der Waals surface area (Å²) < 4.78 is 13.1. The highest BCUT2D eigenvalue weighted by Gasteiger charge is 2.29. The number of hydrogen-bond donors (Lipinski definition) is 1. The SMILES string of the molecule is Cc1cc(-c2ncc[nH]2)nc([C@H]2CCCN2Cc2ccc(F)cc2)n1. The van der Waals surface area contributed by atoms with E-state index in [1.165, 1.54) is 12.1 Å². The monoisotopic (exact) mass is 337 g/mol. The lowest BCUT2D eigenvalue weighted by Crippen LogP contribution is -2.24. The molecule has 1 atom stereocenters. The number of rotatable bonds is 4. The standard InChI is InChI=1S/C19H20FN5/c1-13-11-16(18-21-8-9-22-18)24-19(23-13)17-3-2-10-25(17)12-14-4-6-15(20)7-5-14/h4-9,11,17H,2-3,10,12H2,1H3,(H,21,22)/t17-/m1/s1. The van der Waals surface area contributed by atoms with Crippen molar-refractivity contribution in [2.24, 2.45) is 0 Å². The molecule has 25 heavy (non-hydrogen) atoms. The summed E-state index contributed by atoms with van der Waals surface area (Å²) in [7, 11) is 0. The zero-order chi connectivity index (χ0) is 17.2. The van der Waals surface area contributed by atoms with Crippen LogP contribution in [0.25, 0.3) is 11.5 Å². The minimum Gasteiger partial charge on any atom is -0.343 e. The lowest BCUT2D eigenvalue weighted by molar-refractivity contribution is 0.239. The Morgan fingerprint density at radius 1 is 1.24 bits per heavy atom. The van der Waals surface area contributed by atoms with E-state index in [4.69, 9.17) is 4.98 Å². The van der Waals surface area contributed by atoms with Crippen LogP contribution in [0.1, 0.15) is 36.0 Å². The number of nitrogens with one attached hydrogen (secondary N) is 1. The summed E-state index contributed by atoms with van der Waals surface area (Å²) in [6.07, 6.45) is 5.66. The first-order valence-electron chi connectivity index (χ1n) is 8.53. The third-order valence-corrected chi connectivity index (χ3v) is 4.57. The maximum atomic E-state index is 13.1. The Bertz CT molecular complexity index is 845. The molecule has 6 heteroatoms. The van der Waals surface area contributed by atoms with Gasteiger partial charge < -0.3 is 4.98 Å². The number of H-pyrrole nitrogens is 1. The van der Waals surface area contributed by atoms with Crippen LogP contribution in [0.4, 0.5) is 4.39 Å². The van der Waals surface area contributed by atoms with E-state index in [9.17, 15) is 4.39 Å². The zero-order valence-electron chi connectivity index (χ0n) is 14.1. The Labute approximate surface area is 146 Å². The number of hydrogen-bond acceptors (Lipinski definition) is 4. The van der Waals surface area contributed by atoms with Crippen LogP contribution in [-0.4, -0.2) is 31.4 Å². The molecule has 0 aliphatic carbocycles.